The van der Waals surface area contributed by atoms with Gasteiger partial charge in [-0.2, -0.15) is 0 Å². The van der Waals surface area contributed by atoms with Gasteiger partial charge in [0, 0.05) is 37.0 Å². The zero-order valence-corrected chi connectivity index (χ0v) is 15.7. The predicted octanol–water partition coefficient (Wildman–Crippen LogP) is 1.12. The molecule has 2 aromatic rings. The molecule has 144 valence electrons. The van der Waals surface area contributed by atoms with Gasteiger partial charge < -0.3 is 15.0 Å². The number of nitrogens with zero attached hydrogens (tertiary/aromatic N) is 3. The van der Waals surface area contributed by atoms with E-state index in [0.717, 1.165) is 5.69 Å². The van der Waals surface area contributed by atoms with Crippen LogP contribution in [0.2, 0.25) is 0 Å². The Morgan fingerprint density at radius 3 is 2.81 bits per heavy atom. The normalized spacial score (nSPS) is 15.4. The molecule has 0 bridgehead atoms. The highest BCUT2D eigenvalue weighted by molar-refractivity contribution is 5.76. The van der Waals surface area contributed by atoms with Crippen LogP contribution in [0.1, 0.15) is 36.3 Å². The molecule has 0 aromatic carbocycles. The van der Waals surface area contributed by atoms with Crippen molar-refractivity contribution < 1.29 is 9.53 Å². The Labute approximate surface area is 158 Å². The summed E-state index contributed by atoms with van der Waals surface area (Å²) in [5, 5.41) is 2.91. The zero-order chi connectivity index (χ0) is 19.2. The molecule has 3 heterocycles. The number of hydrogen-bond donors (Lipinski definition) is 2. The van der Waals surface area contributed by atoms with Crippen molar-refractivity contribution in [2.75, 3.05) is 31.2 Å². The van der Waals surface area contributed by atoms with Crippen molar-refractivity contribution in [1.82, 2.24) is 20.3 Å². The van der Waals surface area contributed by atoms with E-state index in [1.165, 1.54) is 0 Å². The van der Waals surface area contributed by atoms with Crippen molar-refractivity contribution in [2.24, 2.45) is 0 Å². The van der Waals surface area contributed by atoms with Crippen LogP contribution in [0, 0.1) is 6.92 Å². The second-order valence-electron chi connectivity index (χ2n) is 6.60. The van der Waals surface area contributed by atoms with Gasteiger partial charge in [-0.3, -0.25) is 19.6 Å². The number of aromatic nitrogens is 3. The minimum atomic E-state index is -0.186. The fourth-order valence-electron chi connectivity index (χ4n) is 3.07. The third kappa shape index (κ3) is 4.91. The molecule has 0 spiro atoms. The molecule has 1 amide bonds. The van der Waals surface area contributed by atoms with E-state index in [9.17, 15) is 9.59 Å². The van der Waals surface area contributed by atoms with E-state index in [1.54, 1.807) is 6.20 Å². The Bertz CT molecular complexity index is 831. The first-order chi connectivity index (χ1) is 13.0. The minimum absolute atomic E-state index is 0.121. The summed E-state index contributed by atoms with van der Waals surface area (Å²) in [6, 6.07) is 5.41. The van der Waals surface area contributed by atoms with Crippen LogP contribution >= 0.6 is 0 Å². The first-order valence-corrected chi connectivity index (χ1v) is 9.17. The number of morpholine rings is 1. The molecule has 1 aliphatic rings. The molecule has 8 nitrogen and oxygen atoms in total. The molecule has 1 aliphatic heterocycles. The lowest BCUT2D eigenvalue weighted by molar-refractivity contribution is -0.121. The van der Waals surface area contributed by atoms with Gasteiger partial charge in [0.15, 0.2) is 0 Å². The molecule has 8 heteroatoms. The zero-order valence-electron chi connectivity index (χ0n) is 15.7. The third-order valence-electron chi connectivity index (χ3n) is 4.63. The number of aromatic amines is 1. The summed E-state index contributed by atoms with van der Waals surface area (Å²) < 4.78 is 5.32. The lowest BCUT2D eigenvalue weighted by atomic mass is 10.1. The summed E-state index contributed by atoms with van der Waals surface area (Å²) in [4.78, 5) is 38.3. The van der Waals surface area contributed by atoms with Crippen molar-refractivity contribution in [2.45, 2.75) is 32.7 Å². The van der Waals surface area contributed by atoms with Gasteiger partial charge in [-0.25, -0.2) is 4.98 Å². The Hall–Kier alpha value is -2.74. The number of nitrogens with one attached hydrogen (secondary N) is 2. The van der Waals surface area contributed by atoms with Gasteiger partial charge in [-0.05, 0) is 32.4 Å². The standard InChI is InChI=1S/C19H25N5O3/c1-13-15(18(26)23-19(22-13)24-9-11-27-12-10-24)6-7-17(25)21-14(2)16-5-3-4-8-20-16/h3-5,8,14H,6-7,9-12H2,1-2H3,(H,21,25)(H,22,23,26). The van der Waals surface area contributed by atoms with E-state index in [0.29, 0.717) is 49.9 Å². The van der Waals surface area contributed by atoms with Crippen LogP contribution in [0.25, 0.3) is 0 Å². The molecule has 0 aliphatic carbocycles. The van der Waals surface area contributed by atoms with Crippen LogP contribution < -0.4 is 15.8 Å². The number of amides is 1. The molecule has 1 fully saturated rings. The summed E-state index contributed by atoms with van der Waals surface area (Å²) in [6.07, 6.45) is 2.26. The van der Waals surface area contributed by atoms with Crippen molar-refractivity contribution >= 4 is 11.9 Å². The van der Waals surface area contributed by atoms with Gasteiger partial charge in [0.05, 0.1) is 24.9 Å². The molecule has 1 saturated heterocycles. The Balaban J connectivity index is 1.60. The first kappa shape index (κ1) is 19.0. The fraction of sp³-hybridized carbons (Fsp3) is 0.474. The highest BCUT2D eigenvalue weighted by atomic mass is 16.5. The van der Waals surface area contributed by atoms with Gasteiger partial charge in [-0.15, -0.1) is 0 Å². The quantitative estimate of drug-likeness (QED) is 0.789. The maximum atomic E-state index is 12.5. The molecule has 3 rings (SSSR count). The van der Waals surface area contributed by atoms with Crippen molar-refractivity contribution in [3.8, 4) is 0 Å². The van der Waals surface area contributed by atoms with E-state index >= 15 is 0 Å². The topological polar surface area (TPSA) is 100 Å². The number of rotatable bonds is 6. The predicted molar refractivity (Wildman–Crippen MR) is 102 cm³/mol. The SMILES string of the molecule is Cc1nc(N2CCOCC2)[nH]c(=O)c1CCC(=O)NC(C)c1ccccn1. The van der Waals surface area contributed by atoms with Gasteiger partial charge in [0.2, 0.25) is 11.9 Å². The maximum absolute atomic E-state index is 12.5. The number of H-pyrrole nitrogens is 1. The van der Waals surface area contributed by atoms with Gasteiger partial charge in [-0.1, -0.05) is 6.07 Å². The van der Waals surface area contributed by atoms with Crippen molar-refractivity contribution in [3.05, 3.63) is 51.7 Å². The second-order valence-corrected chi connectivity index (χ2v) is 6.60. The van der Waals surface area contributed by atoms with Crippen LogP contribution in [0.4, 0.5) is 5.95 Å². The first-order valence-electron chi connectivity index (χ1n) is 9.17. The van der Waals surface area contributed by atoms with Crippen molar-refractivity contribution in [1.29, 1.82) is 0 Å². The molecule has 1 atom stereocenters. The van der Waals surface area contributed by atoms with Crippen LogP contribution in [0.3, 0.4) is 0 Å². The highest BCUT2D eigenvalue weighted by Crippen LogP contribution is 2.12. The molecule has 0 radical (unpaired) electrons. The van der Waals surface area contributed by atoms with E-state index < -0.39 is 0 Å². The number of ether oxygens (including phenoxy) is 1. The third-order valence-corrected chi connectivity index (χ3v) is 4.63. The highest BCUT2D eigenvalue weighted by Gasteiger charge is 2.17. The van der Waals surface area contributed by atoms with E-state index in [-0.39, 0.29) is 23.9 Å². The largest absolute Gasteiger partial charge is 0.378 e. The van der Waals surface area contributed by atoms with E-state index in [1.807, 2.05) is 36.9 Å². The average Bonchev–Trinajstić information content (AvgIpc) is 2.68. The van der Waals surface area contributed by atoms with Crippen LogP contribution in [0.5, 0.6) is 0 Å². The Morgan fingerprint density at radius 1 is 1.37 bits per heavy atom. The van der Waals surface area contributed by atoms with Crippen LogP contribution in [0.15, 0.2) is 29.2 Å². The van der Waals surface area contributed by atoms with Gasteiger partial charge in [0.25, 0.3) is 5.56 Å². The number of aryl methyl sites for hydroxylation is 1. The molecule has 0 saturated carbocycles. The monoisotopic (exact) mass is 371 g/mol. The number of carbonyl (C=O) groups excluding carboxylic acids is 1. The van der Waals surface area contributed by atoms with E-state index in [2.05, 4.69) is 20.3 Å². The lowest BCUT2D eigenvalue weighted by Gasteiger charge is -2.27. The molecule has 2 N–H and O–H groups in total. The van der Waals surface area contributed by atoms with Gasteiger partial charge >= 0.3 is 0 Å². The summed E-state index contributed by atoms with van der Waals surface area (Å²) >= 11 is 0. The van der Waals surface area contributed by atoms with Crippen LogP contribution in [-0.4, -0.2) is 47.2 Å². The van der Waals surface area contributed by atoms with Crippen molar-refractivity contribution in [3.63, 3.8) is 0 Å². The lowest BCUT2D eigenvalue weighted by Crippen LogP contribution is -2.38. The maximum Gasteiger partial charge on any atom is 0.255 e. The summed E-state index contributed by atoms with van der Waals surface area (Å²) in [7, 11) is 0. The second kappa shape index (κ2) is 8.77. The van der Waals surface area contributed by atoms with E-state index in [4.69, 9.17) is 4.74 Å². The Morgan fingerprint density at radius 2 is 2.15 bits per heavy atom. The van der Waals surface area contributed by atoms with Gasteiger partial charge in [0.1, 0.15) is 0 Å². The average molecular weight is 371 g/mol. The number of hydrogen-bond acceptors (Lipinski definition) is 6. The fourth-order valence-corrected chi connectivity index (χ4v) is 3.07. The summed E-state index contributed by atoms with van der Waals surface area (Å²) in [5.41, 5.74) is 1.82. The molecule has 2 aromatic heterocycles. The summed E-state index contributed by atoms with van der Waals surface area (Å²) in [6.45, 7) is 6.35. The molecular weight excluding hydrogens is 346 g/mol. The number of anilines is 1. The Kier molecular flexibility index (Phi) is 6.18. The smallest absolute Gasteiger partial charge is 0.255 e. The molecule has 1 unspecified atom stereocenters. The van der Waals surface area contributed by atoms with Crippen LogP contribution in [-0.2, 0) is 16.0 Å². The minimum Gasteiger partial charge on any atom is -0.378 e. The molecular formula is C19H25N5O3. The summed E-state index contributed by atoms with van der Waals surface area (Å²) in [5.74, 6) is 0.446. The number of pyridine rings is 1. The molecule has 27 heavy (non-hydrogen) atoms. The number of carbonyl (C=O) groups is 1.